The van der Waals surface area contributed by atoms with Crippen molar-refractivity contribution in [2.24, 2.45) is 4.99 Å². The highest BCUT2D eigenvalue weighted by atomic mass is 35.5. The van der Waals surface area contributed by atoms with Gasteiger partial charge in [0, 0.05) is 37.1 Å². The predicted octanol–water partition coefficient (Wildman–Crippen LogP) is 2.76. The van der Waals surface area contributed by atoms with Gasteiger partial charge in [0.15, 0.2) is 5.96 Å². The minimum atomic E-state index is 0.547. The summed E-state index contributed by atoms with van der Waals surface area (Å²) in [5.41, 5.74) is 1.22. The molecule has 7 nitrogen and oxygen atoms in total. The van der Waals surface area contributed by atoms with Crippen LogP contribution in [0.1, 0.15) is 38.1 Å². The first kappa shape index (κ1) is 22.6. The molecule has 1 unspecified atom stereocenters. The van der Waals surface area contributed by atoms with Crippen molar-refractivity contribution >= 4 is 17.6 Å². The lowest BCUT2D eigenvalue weighted by atomic mass is 10.1. The number of nitrogens with zero attached hydrogens (tertiary/aromatic N) is 5. The number of hydrogen-bond donors (Lipinski definition) is 2. The first-order chi connectivity index (χ1) is 14.7. The zero-order valence-corrected chi connectivity index (χ0v) is 18.9. The average molecular weight is 432 g/mol. The molecule has 0 radical (unpaired) electrons. The van der Waals surface area contributed by atoms with E-state index in [0.29, 0.717) is 6.04 Å². The molecule has 1 aliphatic rings. The van der Waals surface area contributed by atoms with Crippen LogP contribution in [0.4, 0.5) is 0 Å². The van der Waals surface area contributed by atoms with Gasteiger partial charge in [-0.1, -0.05) is 37.6 Å². The predicted molar refractivity (Wildman–Crippen MR) is 123 cm³/mol. The fourth-order valence-corrected chi connectivity index (χ4v) is 4.15. The quantitative estimate of drug-likeness (QED) is 0.447. The van der Waals surface area contributed by atoms with Crippen LogP contribution in [-0.4, -0.2) is 64.4 Å². The molecule has 0 aliphatic carbocycles. The second-order valence-electron chi connectivity index (χ2n) is 7.64. The molecule has 2 N–H and O–H groups in total. The van der Waals surface area contributed by atoms with Crippen LogP contribution in [0.2, 0.25) is 5.02 Å². The van der Waals surface area contributed by atoms with Crippen molar-refractivity contribution in [3.63, 3.8) is 0 Å². The van der Waals surface area contributed by atoms with Crippen LogP contribution in [0.3, 0.4) is 0 Å². The van der Waals surface area contributed by atoms with Crippen molar-refractivity contribution in [1.82, 2.24) is 30.3 Å². The number of rotatable bonds is 10. The number of nitrogens with one attached hydrogen (secondary N) is 2. The molecule has 164 valence electrons. The van der Waals surface area contributed by atoms with Gasteiger partial charge in [0.2, 0.25) is 0 Å². The Labute approximate surface area is 184 Å². The number of aliphatic imine (C=N–C) groups is 1. The Hall–Kier alpha value is -2.12. The van der Waals surface area contributed by atoms with Gasteiger partial charge in [-0.25, -0.2) is 0 Å². The van der Waals surface area contributed by atoms with E-state index < -0.39 is 0 Å². The van der Waals surface area contributed by atoms with E-state index in [2.05, 4.69) is 50.2 Å². The fourth-order valence-electron chi connectivity index (χ4n) is 3.94. The van der Waals surface area contributed by atoms with Gasteiger partial charge in [-0.3, -0.25) is 9.89 Å². The molecular weight excluding hydrogens is 398 g/mol. The number of likely N-dealkylation sites (tertiary alicyclic amines) is 1. The minimum absolute atomic E-state index is 0.547. The van der Waals surface area contributed by atoms with Crippen molar-refractivity contribution in [2.45, 2.75) is 52.1 Å². The summed E-state index contributed by atoms with van der Waals surface area (Å²) in [4.78, 5) is 7.43. The summed E-state index contributed by atoms with van der Waals surface area (Å²) in [5.74, 6) is 1.87. The van der Waals surface area contributed by atoms with E-state index in [0.717, 1.165) is 62.4 Å². The standard InChI is InChI=1S/C22H34ClN7/c1-3-21-28-27-17-30(21)14-12-25-22(26-16-20-9-6-13-29(20)4-2)24-11-10-18-7-5-8-19(23)15-18/h5,7-8,15,17,20H,3-4,6,9-14,16H2,1-2H3,(H2,24,25,26). The third-order valence-electron chi connectivity index (χ3n) is 5.62. The summed E-state index contributed by atoms with van der Waals surface area (Å²) in [6.07, 6.45) is 6.08. The van der Waals surface area contributed by atoms with Gasteiger partial charge in [-0.2, -0.15) is 0 Å². The molecule has 0 saturated carbocycles. The molecule has 1 aliphatic heterocycles. The number of hydrogen-bond acceptors (Lipinski definition) is 4. The zero-order chi connectivity index (χ0) is 21.2. The first-order valence-corrected chi connectivity index (χ1v) is 11.4. The Morgan fingerprint density at radius 2 is 2.13 bits per heavy atom. The van der Waals surface area contributed by atoms with Crippen molar-refractivity contribution in [3.05, 3.63) is 47.0 Å². The van der Waals surface area contributed by atoms with E-state index in [1.807, 2.05) is 18.2 Å². The molecule has 2 heterocycles. The summed E-state index contributed by atoms with van der Waals surface area (Å²) in [5, 5.41) is 15.9. The monoisotopic (exact) mass is 431 g/mol. The van der Waals surface area contributed by atoms with E-state index in [-0.39, 0.29) is 0 Å². The molecule has 2 aromatic rings. The minimum Gasteiger partial charge on any atom is -0.356 e. The molecular formula is C22H34ClN7. The van der Waals surface area contributed by atoms with Crippen molar-refractivity contribution in [3.8, 4) is 0 Å². The molecule has 3 rings (SSSR count). The molecule has 30 heavy (non-hydrogen) atoms. The topological polar surface area (TPSA) is 70.4 Å². The number of guanidine groups is 1. The number of likely N-dealkylation sites (N-methyl/N-ethyl adjacent to an activating group) is 1. The normalized spacial score (nSPS) is 17.4. The van der Waals surface area contributed by atoms with Crippen LogP contribution in [0.5, 0.6) is 0 Å². The number of halogens is 1. The van der Waals surface area contributed by atoms with Crippen LogP contribution >= 0.6 is 11.6 Å². The van der Waals surface area contributed by atoms with E-state index in [1.54, 1.807) is 6.33 Å². The summed E-state index contributed by atoms with van der Waals surface area (Å²) in [7, 11) is 0. The third kappa shape index (κ3) is 6.71. The molecule has 0 spiro atoms. The Morgan fingerprint density at radius 3 is 2.93 bits per heavy atom. The SMILES string of the molecule is CCc1nncn1CCNC(=NCC1CCCN1CC)NCCc1cccc(Cl)c1. The Bertz CT molecular complexity index is 804. The second kappa shape index (κ2) is 11.9. The van der Waals surface area contributed by atoms with E-state index in [9.17, 15) is 0 Å². The molecule has 1 atom stereocenters. The summed E-state index contributed by atoms with van der Waals surface area (Å²) in [6.45, 7) is 9.84. The highest BCUT2D eigenvalue weighted by molar-refractivity contribution is 6.30. The maximum atomic E-state index is 6.10. The highest BCUT2D eigenvalue weighted by Gasteiger charge is 2.22. The lowest BCUT2D eigenvalue weighted by Crippen LogP contribution is -2.41. The molecule has 0 amide bonds. The molecule has 1 fully saturated rings. The second-order valence-corrected chi connectivity index (χ2v) is 8.08. The maximum Gasteiger partial charge on any atom is 0.191 e. The van der Waals surface area contributed by atoms with Crippen LogP contribution in [-0.2, 0) is 19.4 Å². The molecule has 1 aromatic carbocycles. The van der Waals surface area contributed by atoms with Gasteiger partial charge in [-0.15, -0.1) is 10.2 Å². The van der Waals surface area contributed by atoms with E-state index in [1.165, 1.54) is 24.9 Å². The number of aromatic nitrogens is 3. The van der Waals surface area contributed by atoms with Crippen molar-refractivity contribution in [1.29, 1.82) is 0 Å². The average Bonchev–Trinajstić information content (AvgIpc) is 3.40. The van der Waals surface area contributed by atoms with Gasteiger partial charge in [0.25, 0.3) is 0 Å². The molecule has 0 bridgehead atoms. The number of aryl methyl sites for hydroxylation is 1. The smallest absolute Gasteiger partial charge is 0.191 e. The van der Waals surface area contributed by atoms with Gasteiger partial charge < -0.3 is 15.2 Å². The molecule has 1 saturated heterocycles. The largest absolute Gasteiger partial charge is 0.356 e. The van der Waals surface area contributed by atoms with Crippen LogP contribution < -0.4 is 10.6 Å². The lowest BCUT2D eigenvalue weighted by Gasteiger charge is -2.21. The van der Waals surface area contributed by atoms with Gasteiger partial charge in [-0.05, 0) is 50.0 Å². The van der Waals surface area contributed by atoms with Gasteiger partial charge in [0.05, 0.1) is 6.54 Å². The number of benzene rings is 1. The van der Waals surface area contributed by atoms with Crippen molar-refractivity contribution < 1.29 is 0 Å². The lowest BCUT2D eigenvalue weighted by molar-refractivity contribution is 0.273. The van der Waals surface area contributed by atoms with E-state index in [4.69, 9.17) is 16.6 Å². The first-order valence-electron chi connectivity index (χ1n) is 11.1. The maximum absolute atomic E-state index is 6.10. The Balaban J connectivity index is 1.55. The molecule has 1 aromatic heterocycles. The Kier molecular flexibility index (Phi) is 8.96. The third-order valence-corrected chi connectivity index (χ3v) is 5.85. The fraction of sp³-hybridized carbons (Fsp3) is 0.591. The zero-order valence-electron chi connectivity index (χ0n) is 18.1. The summed E-state index contributed by atoms with van der Waals surface area (Å²) < 4.78 is 2.09. The Morgan fingerprint density at radius 1 is 1.27 bits per heavy atom. The summed E-state index contributed by atoms with van der Waals surface area (Å²) in [6, 6.07) is 8.57. The van der Waals surface area contributed by atoms with Crippen molar-refractivity contribution in [2.75, 3.05) is 32.7 Å². The van der Waals surface area contributed by atoms with Gasteiger partial charge >= 0.3 is 0 Å². The van der Waals surface area contributed by atoms with Crippen LogP contribution in [0, 0.1) is 0 Å². The van der Waals surface area contributed by atoms with Crippen LogP contribution in [0.25, 0.3) is 0 Å². The summed E-state index contributed by atoms with van der Waals surface area (Å²) >= 11 is 6.10. The van der Waals surface area contributed by atoms with Gasteiger partial charge in [0.1, 0.15) is 12.2 Å². The highest BCUT2D eigenvalue weighted by Crippen LogP contribution is 2.16. The van der Waals surface area contributed by atoms with Crippen LogP contribution in [0.15, 0.2) is 35.6 Å². The van der Waals surface area contributed by atoms with E-state index >= 15 is 0 Å². The molecule has 8 heteroatoms.